The van der Waals surface area contributed by atoms with Gasteiger partial charge in [0.2, 0.25) is 0 Å². The molecule has 0 fully saturated rings. The highest BCUT2D eigenvalue weighted by Gasteiger charge is 2.54. The molecule has 4 atom stereocenters. The highest BCUT2D eigenvalue weighted by atomic mass is 32.2. The Morgan fingerprint density at radius 3 is 2.38 bits per heavy atom. The van der Waals surface area contributed by atoms with Crippen molar-refractivity contribution < 1.29 is 0 Å². The van der Waals surface area contributed by atoms with E-state index in [1.807, 2.05) is 0 Å². The van der Waals surface area contributed by atoms with Crippen molar-refractivity contribution in [1.29, 1.82) is 0 Å². The van der Waals surface area contributed by atoms with E-state index in [0.717, 1.165) is 6.42 Å². The van der Waals surface area contributed by atoms with Crippen LogP contribution in [0.5, 0.6) is 0 Å². The van der Waals surface area contributed by atoms with E-state index in [-0.39, 0.29) is 4.75 Å². The van der Waals surface area contributed by atoms with Crippen molar-refractivity contribution in [2.45, 2.75) is 22.0 Å². The fraction of sp³-hybridized carbons (Fsp3) is 0.200. The lowest BCUT2D eigenvalue weighted by Gasteiger charge is -2.42. The lowest BCUT2D eigenvalue weighted by Crippen LogP contribution is -2.36. The van der Waals surface area contributed by atoms with Gasteiger partial charge in [-0.05, 0) is 29.7 Å². The highest BCUT2D eigenvalue weighted by molar-refractivity contribution is 8.00. The summed E-state index contributed by atoms with van der Waals surface area (Å²) in [4.78, 5) is 1.36. The maximum absolute atomic E-state index is 2.45. The third-order valence-corrected chi connectivity index (χ3v) is 7.57. The normalized spacial score (nSPS) is 31.0. The summed E-state index contributed by atoms with van der Waals surface area (Å²) in [7, 11) is 0. The lowest BCUT2D eigenvalue weighted by atomic mass is 9.74. The zero-order valence-electron chi connectivity index (χ0n) is 14.7. The Morgan fingerprint density at radius 1 is 0.769 bits per heavy atom. The first kappa shape index (κ1) is 16.0. The van der Waals surface area contributed by atoms with E-state index in [2.05, 4.69) is 115 Å². The number of fused-ring (bicyclic) bond motifs is 3. The van der Waals surface area contributed by atoms with Crippen LogP contribution in [-0.4, -0.2) is 0 Å². The minimum atomic E-state index is 0.0329. The van der Waals surface area contributed by atoms with Gasteiger partial charge < -0.3 is 0 Å². The van der Waals surface area contributed by atoms with E-state index >= 15 is 0 Å². The van der Waals surface area contributed by atoms with Crippen LogP contribution in [0.3, 0.4) is 0 Å². The van der Waals surface area contributed by atoms with Crippen molar-refractivity contribution in [3.63, 3.8) is 0 Å². The molecule has 128 valence electrons. The molecule has 0 heterocycles. The molecule has 0 bridgehead atoms. The van der Waals surface area contributed by atoms with Gasteiger partial charge in [0.15, 0.2) is 0 Å². The fourth-order valence-electron chi connectivity index (χ4n) is 4.86. The highest BCUT2D eigenvalue weighted by Crippen LogP contribution is 2.64. The largest absolute Gasteiger partial charge is 0.113 e. The van der Waals surface area contributed by atoms with Crippen molar-refractivity contribution in [2.75, 3.05) is 0 Å². The average Bonchev–Trinajstić information content (AvgIpc) is 3.01. The summed E-state index contributed by atoms with van der Waals surface area (Å²) in [5.41, 5.74) is 3.02. The summed E-state index contributed by atoms with van der Waals surface area (Å²) < 4.78 is 0.0329. The number of thioether (sulfide) groups is 1. The van der Waals surface area contributed by atoms with Crippen LogP contribution in [0.2, 0.25) is 0 Å². The summed E-state index contributed by atoms with van der Waals surface area (Å²) in [6.45, 7) is 0. The molecule has 4 unspecified atom stereocenters. The molecule has 0 amide bonds. The van der Waals surface area contributed by atoms with Gasteiger partial charge in [0.25, 0.3) is 0 Å². The van der Waals surface area contributed by atoms with Crippen molar-refractivity contribution in [3.05, 3.63) is 114 Å². The Balaban J connectivity index is 1.72. The van der Waals surface area contributed by atoms with Gasteiger partial charge in [-0.25, -0.2) is 0 Å². The average molecular weight is 355 g/mol. The third-order valence-electron chi connectivity index (χ3n) is 5.93. The molecule has 5 rings (SSSR count). The van der Waals surface area contributed by atoms with Crippen LogP contribution in [0.25, 0.3) is 0 Å². The Hall–Kier alpha value is -2.25. The maximum atomic E-state index is 2.45. The van der Waals surface area contributed by atoms with Crippen LogP contribution in [0, 0.1) is 11.8 Å². The zero-order chi connectivity index (χ0) is 17.4. The summed E-state index contributed by atoms with van der Waals surface area (Å²) >= 11 is 2.06. The van der Waals surface area contributed by atoms with Gasteiger partial charge >= 0.3 is 0 Å². The van der Waals surface area contributed by atoms with Crippen LogP contribution in [-0.2, 0) is 4.75 Å². The van der Waals surface area contributed by atoms with Crippen LogP contribution >= 0.6 is 11.8 Å². The van der Waals surface area contributed by atoms with Crippen LogP contribution < -0.4 is 0 Å². The van der Waals surface area contributed by atoms with E-state index < -0.39 is 0 Å². The van der Waals surface area contributed by atoms with Crippen molar-refractivity contribution >= 4 is 11.8 Å². The molecule has 2 aromatic rings. The Morgan fingerprint density at radius 2 is 1.54 bits per heavy atom. The third kappa shape index (κ3) is 2.38. The molecule has 1 heteroatoms. The first-order valence-electron chi connectivity index (χ1n) is 9.41. The van der Waals surface area contributed by atoms with E-state index in [1.54, 1.807) is 0 Å². The number of rotatable bonds is 3. The maximum Gasteiger partial charge on any atom is 0.0595 e. The molecule has 3 aliphatic carbocycles. The molecule has 0 saturated heterocycles. The second kappa shape index (κ2) is 6.48. The van der Waals surface area contributed by atoms with Crippen molar-refractivity contribution in [1.82, 2.24) is 0 Å². The molecular weight excluding hydrogens is 332 g/mol. The molecule has 0 saturated carbocycles. The molecule has 0 N–H and O–H groups in total. The second-order valence-corrected chi connectivity index (χ2v) is 8.62. The second-order valence-electron chi connectivity index (χ2n) is 7.27. The molecule has 0 aromatic heterocycles. The minimum absolute atomic E-state index is 0.0329. The van der Waals surface area contributed by atoms with E-state index in [0.29, 0.717) is 17.8 Å². The Kier molecular flexibility index (Phi) is 3.98. The van der Waals surface area contributed by atoms with Gasteiger partial charge in [-0.1, -0.05) is 91.1 Å². The Bertz CT molecular complexity index is 918. The molecule has 0 radical (unpaired) electrons. The van der Waals surface area contributed by atoms with Gasteiger partial charge in [-0.15, -0.1) is 11.8 Å². The molecule has 3 aliphatic rings. The van der Waals surface area contributed by atoms with Gasteiger partial charge in [-0.3, -0.25) is 0 Å². The standard InChI is InChI=1S/C25H22S/c1-3-11-19(12-4-1)25(26-20-13-5-2-6-14-20)23-17-9-7-15-21(23)22-16-8-10-18-24(22)25/h1-11,13-19,21,23H,12H2. The van der Waals surface area contributed by atoms with Crippen LogP contribution in [0.15, 0.2) is 108 Å². The number of hydrogen-bond donors (Lipinski definition) is 0. The number of allylic oxidation sites excluding steroid dienone is 8. The van der Waals surface area contributed by atoms with Crippen LogP contribution in [0.1, 0.15) is 23.5 Å². The molecule has 0 aliphatic heterocycles. The van der Waals surface area contributed by atoms with Crippen molar-refractivity contribution in [2.24, 2.45) is 11.8 Å². The predicted octanol–water partition coefficient (Wildman–Crippen LogP) is 6.65. The first-order valence-corrected chi connectivity index (χ1v) is 10.2. The summed E-state index contributed by atoms with van der Waals surface area (Å²) in [5.74, 6) is 1.45. The topological polar surface area (TPSA) is 0 Å². The summed E-state index contributed by atoms with van der Waals surface area (Å²) in [5, 5.41) is 0. The molecule has 2 aromatic carbocycles. The van der Waals surface area contributed by atoms with E-state index in [1.165, 1.54) is 16.0 Å². The van der Waals surface area contributed by atoms with Crippen molar-refractivity contribution in [3.8, 4) is 0 Å². The molecule has 0 nitrogen and oxygen atoms in total. The Labute approximate surface area is 160 Å². The van der Waals surface area contributed by atoms with Crippen LogP contribution in [0.4, 0.5) is 0 Å². The van der Waals surface area contributed by atoms with Gasteiger partial charge in [0.1, 0.15) is 0 Å². The van der Waals surface area contributed by atoms with E-state index in [4.69, 9.17) is 0 Å². The number of hydrogen-bond acceptors (Lipinski definition) is 1. The van der Waals surface area contributed by atoms with Gasteiger partial charge in [0.05, 0.1) is 4.75 Å². The monoisotopic (exact) mass is 354 g/mol. The first-order chi connectivity index (χ1) is 12.9. The summed E-state index contributed by atoms with van der Waals surface area (Å²) in [6, 6.07) is 20.1. The predicted molar refractivity (Wildman–Crippen MR) is 111 cm³/mol. The molecule has 0 spiro atoms. The zero-order valence-corrected chi connectivity index (χ0v) is 15.5. The van der Waals surface area contributed by atoms with Gasteiger partial charge in [0, 0.05) is 22.6 Å². The van der Waals surface area contributed by atoms with Gasteiger partial charge in [-0.2, -0.15) is 0 Å². The quantitative estimate of drug-likeness (QED) is 0.595. The minimum Gasteiger partial charge on any atom is -0.113 e. The fourth-order valence-corrected chi connectivity index (χ4v) is 6.53. The smallest absolute Gasteiger partial charge is 0.0595 e. The SMILES string of the molecule is C1=CCC(C2(Sc3ccccc3)c3ccccc3C3C=CC=CC32)C=C1. The summed E-state index contributed by atoms with van der Waals surface area (Å²) in [6.07, 6.45) is 19.6. The number of benzene rings is 2. The lowest BCUT2D eigenvalue weighted by molar-refractivity contribution is 0.369. The van der Waals surface area contributed by atoms with E-state index in [9.17, 15) is 0 Å². The molecule has 26 heavy (non-hydrogen) atoms. The molecular formula is C25H22S.